The molecule has 2 aliphatic rings. The zero-order chi connectivity index (χ0) is 18.3. The molecule has 2 unspecified atom stereocenters. The van der Waals surface area contributed by atoms with E-state index in [0.29, 0.717) is 17.9 Å². The van der Waals surface area contributed by atoms with Gasteiger partial charge in [0.1, 0.15) is 0 Å². The van der Waals surface area contributed by atoms with E-state index < -0.39 is 5.97 Å². The van der Waals surface area contributed by atoms with E-state index in [-0.39, 0.29) is 40.8 Å². The third kappa shape index (κ3) is 2.80. The van der Waals surface area contributed by atoms with Gasteiger partial charge in [-0.3, -0.25) is 9.59 Å². The number of hydrogen-bond donors (Lipinski definition) is 0. The first-order valence-electron chi connectivity index (χ1n) is 8.49. The molecule has 2 atom stereocenters. The zero-order valence-electron chi connectivity index (χ0n) is 13.8. The zero-order valence-corrected chi connectivity index (χ0v) is 14.6. The molecule has 1 aliphatic carbocycles. The summed E-state index contributed by atoms with van der Waals surface area (Å²) in [6.07, 6.45) is 4.63. The highest BCUT2D eigenvalue weighted by Crippen LogP contribution is 2.43. The normalized spacial score (nSPS) is 22.4. The molecule has 0 N–H and O–H groups in total. The Hall–Kier alpha value is -2.60. The van der Waals surface area contributed by atoms with Gasteiger partial charge in [0.25, 0.3) is 0 Å². The minimum atomic E-state index is -0.713. The van der Waals surface area contributed by atoms with Crippen molar-refractivity contribution in [2.75, 3.05) is 4.90 Å². The first kappa shape index (κ1) is 16.8. The van der Waals surface area contributed by atoms with Crippen LogP contribution in [0.15, 0.2) is 41.0 Å². The summed E-state index contributed by atoms with van der Waals surface area (Å²) in [6, 6.07) is 7.52. The molecule has 0 bridgehead atoms. The van der Waals surface area contributed by atoms with E-state index in [1.54, 1.807) is 6.07 Å². The monoisotopic (exact) mass is 373 g/mol. The molecule has 1 aromatic carbocycles. The number of hydrogen-bond acceptors (Lipinski definition) is 5. The standard InChI is InChI=1S/C19H16ClNO5/c20-11-7-8-15(26-19(24)16-6-3-9-25-16)14(10-11)21-17(22)12-4-1-2-5-13(12)18(21)23/h3,6-10,12-13H,1-2,4-5H2. The molecule has 2 heterocycles. The average Bonchev–Trinajstić information content (AvgIpc) is 3.25. The summed E-state index contributed by atoms with van der Waals surface area (Å²) < 4.78 is 10.4. The average molecular weight is 374 g/mol. The van der Waals surface area contributed by atoms with Crippen molar-refractivity contribution in [1.82, 2.24) is 0 Å². The van der Waals surface area contributed by atoms with Gasteiger partial charge in [0, 0.05) is 5.02 Å². The first-order chi connectivity index (χ1) is 12.6. The number of imide groups is 1. The maximum Gasteiger partial charge on any atom is 0.379 e. The molecule has 2 aromatic rings. The molecule has 26 heavy (non-hydrogen) atoms. The number of furan rings is 1. The lowest BCUT2D eigenvalue weighted by Gasteiger charge is -2.19. The van der Waals surface area contributed by atoms with E-state index >= 15 is 0 Å². The van der Waals surface area contributed by atoms with Crippen molar-refractivity contribution < 1.29 is 23.5 Å². The Kier molecular flexibility index (Phi) is 4.28. The smallest absolute Gasteiger partial charge is 0.379 e. The fraction of sp³-hybridized carbons (Fsp3) is 0.316. The number of carbonyl (C=O) groups is 3. The van der Waals surface area contributed by atoms with E-state index in [9.17, 15) is 14.4 Å². The minimum absolute atomic E-state index is 0.0265. The molecule has 0 radical (unpaired) electrons. The molecule has 2 amide bonds. The third-order valence-corrected chi connectivity index (χ3v) is 5.16. The van der Waals surface area contributed by atoms with Gasteiger partial charge in [-0.05, 0) is 43.2 Å². The predicted octanol–water partition coefficient (Wildman–Crippen LogP) is 3.83. The largest absolute Gasteiger partial charge is 0.457 e. The predicted molar refractivity (Wildman–Crippen MR) is 93.1 cm³/mol. The molecule has 1 aromatic heterocycles. The molecule has 2 fully saturated rings. The Bertz CT molecular complexity index is 852. The van der Waals surface area contributed by atoms with Gasteiger partial charge in [-0.1, -0.05) is 24.4 Å². The number of benzene rings is 1. The van der Waals surface area contributed by atoms with Crippen molar-refractivity contribution in [3.05, 3.63) is 47.4 Å². The van der Waals surface area contributed by atoms with Crippen molar-refractivity contribution in [3.8, 4) is 5.75 Å². The van der Waals surface area contributed by atoms with Crippen LogP contribution in [0, 0.1) is 11.8 Å². The van der Waals surface area contributed by atoms with Crippen LogP contribution in [0.5, 0.6) is 5.75 Å². The molecule has 0 spiro atoms. The van der Waals surface area contributed by atoms with Gasteiger partial charge in [0.2, 0.25) is 17.6 Å². The fourth-order valence-corrected chi connectivity index (χ4v) is 3.86. The van der Waals surface area contributed by atoms with Crippen LogP contribution in [0.3, 0.4) is 0 Å². The van der Waals surface area contributed by atoms with Gasteiger partial charge in [0.05, 0.1) is 23.8 Å². The summed E-state index contributed by atoms with van der Waals surface area (Å²) in [4.78, 5) is 39.0. The topological polar surface area (TPSA) is 76.8 Å². The number of rotatable bonds is 3. The number of fused-ring (bicyclic) bond motifs is 1. The van der Waals surface area contributed by atoms with E-state index in [0.717, 1.165) is 17.7 Å². The number of anilines is 1. The lowest BCUT2D eigenvalue weighted by Crippen LogP contribution is -2.31. The second kappa shape index (κ2) is 6.61. The molecule has 1 saturated carbocycles. The summed E-state index contributed by atoms with van der Waals surface area (Å²) in [6.45, 7) is 0. The van der Waals surface area contributed by atoms with E-state index in [4.69, 9.17) is 20.8 Å². The van der Waals surface area contributed by atoms with Gasteiger partial charge < -0.3 is 9.15 Å². The summed E-state index contributed by atoms with van der Waals surface area (Å²) in [7, 11) is 0. The quantitative estimate of drug-likeness (QED) is 0.464. The Morgan fingerprint density at radius 3 is 2.42 bits per heavy atom. The van der Waals surface area contributed by atoms with Crippen LogP contribution in [-0.4, -0.2) is 17.8 Å². The Labute approximate surface area is 154 Å². The molecule has 1 saturated heterocycles. The summed E-state index contributed by atoms with van der Waals surface area (Å²) in [5.74, 6) is -1.70. The number of carbonyl (C=O) groups excluding carboxylic acids is 3. The molecule has 1 aliphatic heterocycles. The molecular formula is C19H16ClNO5. The second-order valence-corrected chi connectivity index (χ2v) is 6.92. The number of nitrogens with zero attached hydrogens (tertiary/aromatic N) is 1. The van der Waals surface area contributed by atoms with Crippen LogP contribution in [-0.2, 0) is 9.59 Å². The van der Waals surface area contributed by atoms with E-state index in [2.05, 4.69) is 0 Å². The Morgan fingerprint density at radius 1 is 1.12 bits per heavy atom. The Morgan fingerprint density at radius 2 is 1.81 bits per heavy atom. The van der Waals surface area contributed by atoms with Crippen LogP contribution in [0.4, 0.5) is 5.69 Å². The highest BCUT2D eigenvalue weighted by atomic mass is 35.5. The van der Waals surface area contributed by atoms with Crippen LogP contribution >= 0.6 is 11.6 Å². The van der Waals surface area contributed by atoms with Gasteiger partial charge in [0.15, 0.2) is 5.75 Å². The lowest BCUT2D eigenvalue weighted by molar-refractivity contribution is -0.122. The van der Waals surface area contributed by atoms with Crippen molar-refractivity contribution in [1.29, 1.82) is 0 Å². The second-order valence-electron chi connectivity index (χ2n) is 6.49. The van der Waals surface area contributed by atoms with Crippen molar-refractivity contribution in [2.45, 2.75) is 25.7 Å². The van der Waals surface area contributed by atoms with Crippen LogP contribution in [0.25, 0.3) is 0 Å². The van der Waals surface area contributed by atoms with Crippen LogP contribution in [0.2, 0.25) is 5.02 Å². The molecule has 134 valence electrons. The summed E-state index contributed by atoms with van der Waals surface area (Å²) >= 11 is 6.07. The molecule has 6 nitrogen and oxygen atoms in total. The molecular weight excluding hydrogens is 358 g/mol. The van der Waals surface area contributed by atoms with Crippen LogP contribution < -0.4 is 9.64 Å². The number of halogens is 1. The number of ether oxygens (including phenoxy) is 1. The van der Waals surface area contributed by atoms with E-state index in [1.807, 2.05) is 0 Å². The third-order valence-electron chi connectivity index (χ3n) is 4.93. The van der Waals surface area contributed by atoms with E-state index in [1.165, 1.54) is 30.5 Å². The maximum absolute atomic E-state index is 12.8. The molecule has 4 rings (SSSR count). The minimum Gasteiger partial charge on any atom is -0.457 e. The summed E-state index contributed by atoms with van der Waals surface area (Å²) in [5, 5.41) is 0.341. The van der Waals surface area contributed by atoms with Gasteiger partial charge in [-0.15, -0.1) is 0 Å². The first-order valence-corrected chi connectivity index (χ1v) is 8.87. The van der Waals surface area contributed by atoms with Crippen molar-refractivity contribution >= 4 is 35.1 Å². The van der Waals surface area contributed by atoms with Crippen molar-refractivity contribution in [2.24, 2.45) is 11.8 Å². The Balaban J connectivity index is 1.69. The SMILES string of the molecule is O=C(Oc1ccc(Cl)cc1N1C(=O)C2CCCCC2C1=O)c1ccco1. The lowest BCUT2D eigenvalue weighted by atomic mass is 9.81. The van der Waals surface area contributed by atoms with Gasteiger partial charge >= 0.3 is 5.97 Å². The molecule has 7 heteroatoms. The van der Waals surface area contributed by atoms with Gasteiger partial charge in [-0.25, -0.2) is 9.69 Å². The number of esters is 1. The highest BCUT2D eigenvalue weighted by molar-refractivity contribution is 6.31. The van der Waals surface area contributed by atoms with Crippen molar-refractivity contribution in [3.63, 3.8) is 0 Å². The van der Waals surface area contributed by atoms with Gasteiger partial charge in [-0.2, -0.15) is 0 Å². The maximum atomic E-state index is 12.8. The highest BCUT2D eigenvalue weighted by Gasteiger charge is 2.49. The fourth-order valence-electron chi connectivity index (χ4n) is 3.70. The van der Waals surface area contributed by atoms with Crippen LogP contribution in [0.1, 0.15) is 36.2 Å². The summed E-state index contributed by atoms with van der Waals surface area (Å²) in [5.41, 5.74) is 0.196. The number of amides is 2.